The minimum atomic E-state index is 0. The monoisotopic (exact) mass is 321 g/mol. The molecule has 0 saturated heterocycles. The van der Waals surface area contributed by atoms with E-state index in [1.54, 1.807) is 11.6 Å². The van der Waals surface area contributed by atoms with Crippen LogP contribution >= 0.6 is 46.8 Å². The first-order chi connectivity index (χ1) is 7.00. The average Bonchev–Trinajstić information content (AvgIpc) is 2.43. The Hall–Kier alpha value is -0.200. The summed E-state index contributed by atoms with van der Waals surface area (Å²) in [6.45, 7) is 0. The van der Waals surface area contributed by atoms with E-state index in [-0.39, 0.29) is 23.0 Å². The molecule has 0 fully saturated rings. The highest BCUT2D eigenvalue weighted by Gasteiger charge is 2.23. The van der Waals surface area contributed by atoms with Crippen LogP contribution in [0.1, 0.15) is 0 Å². The van der Waals surface area contributed by atoms with Crippen molar-refractivity contribution >= 4 is 63.7 Å². The van der Waals surface area contributed by atoms with E-state index in [1.165, 1.54) is 0 Å². The number of hydrogen-bond acceptors (Lipinski definition) is 3. The summed E-state index contributed by atoms with van der Waals surface area (Å²) in [6.07, 6.45) is 0. The molecular weight excluding hydrogens is 319 g/mol. The standard InChI is InChI=1S/C6H3Cl4N5.ClH/c1-14-3-2(11-6(14)8)4(15(9)10)13-5(7)12-3;/h1H3;1H. The van der Waals surface area contributed by atoms with Crippen molar-refractivity contribution in [2.75, 3.05) is 3.94 Å². The normalized spacial score (nSPS) is 10.3. The second kappa shape index (κ2) is 4.98. The fourth-order valence-electron chi connectivity index (χ4n) is 1.15. The molecule has 0 aromatic carbocycles. The molecule has 0 bridgehead atoms. The number of nitrogens with zero attached hydrogens (tertiary/aromatic N) is 4. The molecule has 1 N–H and O–H groups in total. The number of rotatable bonds is 1. The summed E-state index contributed by atoms with van der Waals surface area (Å²) in [4.78, 5) is 10.7. The number of halogens is 5. The first-order valence-electron chi connectivity index (χ1n) is 3.73. The van der Waals surface area contributed by atoms with Gasteiger partial charge in [0.1, 0.15) is 23.6 Å². The molecule has 16 heavy (non-hydrogen) atoms. The molecule has 0 unspecified atom stereocenters. The molecule has 0 aliphatic heterocycles. The van der Waals surface area contributed by atoms with Crippen molar-refractivity contribution in [1.29, 1.82) is 0 Å². The number of aryl methyl sites for hydroxylation is 1. The molecule has 10 heteroatoms. The largest absolute Gasteiger partial charge is 1.00 e. The molecule has 88 valence electrons. The van der Waals surface area contributed by atoms with E-state index in [4.69, 9.17) is 46.8 Å². The molecule has 0 radical (unpaired) electrons. The number of anilines is 1. The summed E-state index contributed by atoms with van der Waals surface area (Å²) in [7, 11) is 1.71. The maximum atomic E-state index is 5.83. The number of nitrogens with one attached hydrogen (secondary N) is 1. The quantitative estimate of drug-likeness (QED) is 0.392. The summed E-state index contributed by atoms with van der Waals surface area (Å²) >= 11 is 22.8. The maximum Gasteiger partial charge on any atom is 0.334 e. The van der Waals surface area contributed by atoms with Gasteiger partial charge in [0.25, 0.3) is 5.82 Å². The lowest BCUT2D eigenvalue weighted by Crippen LogP contribution is -3.00. The highest BCUT2D eigenvalue weighted by molar-refractivity contribution is 6.49. The van der Waals surface area contributed by atoms with Gasteiger partial charge in [-0.1, -0.05) is 8.92 Å². The highest BCUT2D eigenvalue weighted by atomic mass is 35.5. The van der Waals surface area contributed by atoms with Gasteiger partial charge in [-0.25, -0.2) is 9.97 Å². The van der Waals surface area contributed by atoms with Gasteiger partial charge in [0.05, 0.1) is 0 Å². The fraction of sp³-hybridized carbons (Fsp3) is 0.167. The second-order valence-corrected chi connectivity index (χ2v) is 4.27. The number of imidazole rings is 1. The third-order valence-corrected chi connectivity index (χ3v) is 2.68. The van der Waals surface area contributed by atoms with E-state index in [0.29, 0.717) is 17.0 Å². The Kier molecular flexibility index (Phi) is 4.31. The van der Waals surface area contributed by atoms with Gasteiger partial charge >= 0.3 is 5.28 Å². The minimum absolute atomic E-state index is 0. The summed E-state index contributed by atoms with van der Waals surface area (Å²) in [5.41, 5.74) is 0.932. The summed E-state index contributed by atoms with van der Waals surface area (Å²) in [5, 5.41) is 0.410. The summed E-state index contributed by atoms with van der Waals surface area (Å²) in [6, 6.07) is 0. The van der Waals surface area contributed by atoms with Crippen molar-refractivity contribution < 1.29 is 17.4 Å². The Morgan fingerprint density at radius 2 is 1.88 bits per heavy atom. The van der Waals surface area contributed by atoms with Gasteiger partial charge in [0, 0.05) is 7.05 Å². The van der Waals surface area contributed by atoms with E-state index < -0.39 is 0 Å². The molecule has 0 amide bonds. The van der Waals surface area contributed by atoms with Crippen molar-refractivity contribution in [2.45, 2.75) is 0 Å². The Balaban J connectivity index is 0.00000128. The van der Waals surface area contributed by atoms with Gasteiger partial charge in [0.15, 0.2) is 0 Å². The molecule has 2 heterocycles. The lowest BCUT2D eigenvalue weighted by molar-refractivity contribution is -0.362. The third-order valence-electron chi connectivity index (χ3n) is 1.83. The zero-order valence-corrected chi connectivity index (χ0v) is 11.5. The number of aromatic nitrogens is 4. The highest BCUT2D eigenvalue weighted by Crippen LogP contribution is 2.26. The molecule has 5 nitrogen and oxygen atoms in total. The smallest absolute Gasteiger partial charge is 0.334 e. The molecule has 0 atom stereocenters. The number of fused-ring (bicyclic) bond motifs is 1. The van der Waals surface area contributed by atoms with Crippen LogP contribution in [0.15, 0.2) is 0 Å². The third kappa shape index (κ3) is 2.24. The van der Waals surface area contributed by atoms with Crippen LogP contribution in [-0.4, -0.2) is 14.5 Å². The van der Waals surface area contributed by atoms with Gasteiger partial charge < -0.3 is 12.4 Å². The molecule has 2 aromatic rings. The molecule has 2 aromatic heterocycles. The minimum Gasteiger partial charge on any atom is -1.00 e. The van der Waals surface area contributed by atoms with Crippen LogP contribution in [0.25, 0.3) is 11.2 Å². The molecule has 0 aliphatic rings. The fourth-order valence-corrected chi connectivity index (χ4v) is 1.73. The lowest BCUT2D eigenvalue weighted by Gasteiger charge is -1.98. The van der Waals surface area contributed by atoms with Crippen molar-refractivity contribution in [1.82, 2.24) is 14.5 Å². The van der Waals surface area contributed by atoms with Gasteiger partial charge in [-0.05, 0) is 23.2 Å². The van der Waals surface area contributed by atoms with Gasteiger partial charge in [-0.3, -0.25) is 4.57 Å². The Morgan fingerprint density at radius 1 is 1.25 bits per heavy atom. The van der Waals surface area contributed by atoms with E-state index in [0.717, 1.165) is 3.94 Å². The van der Waals surface area contributed by atoms with E-state index in [1.807, 2.05) is 0 Å². The van der Waals surface area contributed by atoms with Crippen molar-refractivity contribution in [3.05, 3.63) is 10.6 Å². The number of H-pyrrole nitrogens is 1. The first kappa shape index (κ1) is 13.9. The van der Waals surface area contributed by atoms with E-state index in [2.05, 4.69) is 15.0 Å². The topological polar surface area (TPSA) is 48.1 Å². The van der Waals surface area contributed by atoms with Crippen LogP contribution in [0.5, 0.6) is 0 Å². The zero-order chi connectivity index (χ0) is 11.2. The van der Waals surface area contributed by atoms with E-state index >= 15 is 0 Å². The summed E-state index contributed by atoms with van der Waals surface area (Å²) in [5.74, 6) is 0.316. The maximum absolute atomic E-state index is 5.83. The Bertz CT molecular complexity index is 523. The van der Waals surface area contributed by atoms with Gasteiger partial charge in [0.2, 0.25) is 16.4 Å². The molecule has 0 aliphatic carbocycles. The second-order valence-electron chi connectivity index (χ2n) is 2.72. The van der Waals surface area contributed by atoms with Crippen LogP contribution in [-0.2, 0) is 7.05 Å². The predicted molar refractivity (Wildman–Crippen MR) is 59.3 cm³/mol. The zero-order valence-electron chi connectivity index (χ0n) is 7.68. The van der Waals surface area contributed by atoms with Crippen molar-refractivity contribution in [3.8, 4) is 0 Å². The van der Waals surface area contributed by atoms with Crippen LogP contribution in [0.3, 0.4) is 0 Å². The SMILES string of the molecule is Cn1c(Cl)nc2c(N(Cl)Cl)[nH+]c(Cl)nc21.[Cl-]. The molecule has 0 spiro atoms. The molecular formula is C6H4Cl5N5. The number of aromatic amines is 1. The molecule has 2 rings (SSSR count). The average molecular weight is 323 g/mol. The van der Waals surface area contributed by atoms with Gasteiger partial charge in [-0.2, -0.15) is 0 Å². The van der Waals surface area contributed by atoms with Crippen LogP contribution in [0, 0.1) is 0 Å². The van der Waals surface area contributed by atoms with Crippen molar-refractivity contribution in [3.63, 3.8) is 0 Å². The van der Waals surface area contributed by atoms with Crippen molar-refractivity contribution in [2.24, 2.45) is 7.05 Å². The van der Waals surface area contributed by atoms with Crippen LogP contribution in [0.4, 0.5) is 5.82 Å². The molecule has 0 saturated carbocycles. The predicted octanol–water partition coefficient (Wildman–Crippen LogP) is -0.793. The first-order valence-corrected chi connectivity index (χ1v) is 5.16. The van der Waals surface area contributed by atoms with E-state index in [9.17, 15) is 0 Å². The lowest BCUT2D eigenvalue weighted by atomic mass is 10.5. The van der Waals surface area contributed by atoms with Gasteiger partial charge in [-0.15, -0.1) is 0 Å². The number of hydrogen-bond donors (Lipinski definition) is 0. The Labute approximate surface area is 117 Å². The van der Waals surface area contributed by atoms with Crippen LogP contribution in [0.2, 0.25) is 10.6 Å². The Morgan fingerprint density at radius 3 is 2.44 bits per heavy atom. The summed E-state index contributed by atoms with van der Waals surface area (Å²) < 4.78 is 2.39. The van der Waals surface area contributed by atoms with Crippen LogP contribution < -0.4 is 21.3 Å².